The minimum absolute atomic E-state index is 0.255. The minimum Gasteiger partial charge on any atom is -0.204 e. The van der Waals surface area contributed by atoms with Crippen LogP contribution in [0.1, 0.15) is 36.8 Å². The van der Waals surface area contributed by atoms with E-state index in [0.717, 1.165) is 12.0 Å². The summed E-state index contributed by atoms with van der Waals surface area (Å²) in [5, 5.41) is 0. The van der Waals surface area contributed by atoms with E-state index in [2.05, 4.69) is 19.1 Å². The molecular weight excluding hydrogens is 274 g/mol. The summed E-state index contributed by atoms with van der Waals surface area (Å²) in [4.78, 5) is 1.30. The molecule has 3 heteroatoms. The van der Waals surface area contributed by atoms with Gasteiger partial charge in [0.1, 0.15) is 0 Å². The van der Waals surface area contributed by atoms with Crippen molar-refractivity contribution in [3.8, 4) is 0 Å². The van der Waals surface area contributed by atoms with E-state index in [1.165, 1.54) is 23.0 Å². The van der Waals surface area contributed by atoms with E-state index < -0.39 is 11.6 Å². The summed E-state index contributed by atoms with van der Waals surface area (Å²) in [5.41, 5.74) is 3.06. The van der Waals surface area contributed by atoms with Gasteiger partial charge in [0, 0.05) is 22.1 Å². The first-order valence-corrected chi connectivity index (χ1v) is 8.21. The zero-order valence-electron chi connectivity index (χ0n) is 11.3. The molecule has 1 aliphatic heterocycles. The van der Waals surface area contributed by atoms with E-state index in [0.29, 0.717) is 23.2 Å². The Morgan fingerprint density at radius 2 is 2.15 bits per heavy atom. The van der Waals surface area contributed by atoms with Crippen LogP contribution < -0.4 is 0 Å². The highest BCUT2D eigenvalue weighted by Crippen LogP contribution is 2.57. The Bertz CT molecular complexity index is 645. The Kier molecular flexibility index (Phi) is 2.81. The van der Waals surface area contributed by atoms with Crippen LogP contribution in [0.3, 0.4) is 0 Å². The van der Waals surface area contributed by atoms with E-state index in [1.807, 2.05) is 0 Å². The van der Waals surface area contributed by atoms with E-state index in [9.17, 15) is 8.78 Å². The number of fused-ring (bicyclic) bond motifs is 3. The lowest BCUT2D eigenvalue weighted by atomic mass is 9.82. The van der Waals surface area contributed by atoms with Crippen LogP contribution in [-0.4, -0.2) is 0 Å². The number of hydrogen-bond acceptors (Lipinski definition) is 1. The van der Waals surface area contributed by atoms with Gasteiger partial charge in [0.25, 0.3) is 0 Å². The smallest absolute Gasteiger partial charge is 0.163 e. The van der Waals surface area contributed by atoms with Crippen LogP contribution in [-0.2, 0) is 5.75 Å². The summed E-state index contributed by atoms with van der Waals surface area (Å²) in [6.45, 7) is 2.14. The van der Waals surface area contributed by atoms with Crippen LogP contribution in [0.4, 0.5) is 8.78 Å². The number of halogens is 2. The van der Waals surface area contributed by atoms with Crippen LogP contribution in [0, 0.1) is 23.5 Å². The fourth-order valence-corrected chi connectivity index (χ4v) is 4.90. The molecule has 3 atom stereocenters. The average Bonchev–Trinajstić information content (AvgIpc) is 3.23. The quantitative estimate of drug-likeness (QED) is 0.688. The molecule has 3 aliphatic rings. The molecule has 1 aromatic carbocycles. The molecule has 0 amide bonds. The third-order valence-electron chi connectivity index (χ3n) is 4.78. The van der Waals surface area contributed by atoms with Gasteiger partial charge in [0.15, 0.2) is 11.6 Å². The molecule has 1 heterocycles. The van der Waals surface area contributed by atoms with Crippen molar-refractivity contribution in [2.75, 3.05) is 0 Å². The monoisotopic (exact) mass is 290 g/mol. The van der Waals surface area contributed by atoms with Crippen molar-refractivity contribution in [2.24, 2.45) is 11.8 Å². The number of thioether (sulfide) groups is 1. The molecule has 4 rings (SSSR count). The molecule has 2 aliphatic carbocycles. The lowest BCUT2D eigenvalue weighted by Gasteiger charge is -2.23. The van der Waals surface area contributed by atoms with Gasteiger partial charge in [-0.05, 0) is 41.9 Å². The van der Waals surface area contributed by atoms with Crippen LogP contribution >= 0.6 is 11.8 Å². The SMILES string of the molecule is CC[C@@H]1C2=C(C=CC3CC23)SCc2c1ccc(F)c2F. The normalized spacial score (nSPS) is 30.4. The van der Waals surface area contributed by atoms with E-state index >= 15 is 0 Å². The van der Waals surface area contributed by atoms with Gasteiger partial charge in [0.2, 0.25) is 0 Å². The number of allylic oxidation sites excluding steroid dienone is 3. The van der Waals surface area contributed by atoms with E-state index in [-0.39, 0.29) is 5.92 Å². The second-order valence-electron chi connectivity index (χ2n) is 5.86. The Morgan fingerprint density at radius 3 is 2.95 bits per heavy atom. The maximum absolute atomic E-state index is 14.1. The molecule has 0 spiro atoms. The number of benzene rings is 1. The second-order valence-corrected chi connectivity index (χ2v) is 6.88. The highest BCUT2D eigenvalue weighted by molar-refractivity contribution is 8.02. The molecule has 0 bridgehead atoms. The molecule has 0 nitrogen and oxygen atoms in total. The average molecular weight is 290 g/mol. The van der Waals surface area contributed by atoms with Crippen molar-refractivity contribution in [3.05, 3.63) is 57.5 Å². The first-order valence-electron chi connectivity index (χ1n) is 7.22. The van der Waals surface area contributed by atoms with Gasteiger partial charge in [0.05, 0.1) is 0 Å². The van der Waals surface area contributed by atoms with Crippen molar-refractivity contribution in [2.45, 2.75) is 31.4 Å². The van der Waals surface area contributed by atoms with Crippen LogP contribution in [0.2, 0.25) is 0 Å². The van der Waals surface area contributed by atoms with Gasteiger partial charge >= 0.3 is 0 Å². The Balaban J connectivity index is 1.89. The van der Waals surface area contributed by atoms with Crippen molar-refractivity contribution in [1.82, 2.24) is 0 Å². The van der Waals surface area contributed by atoms with E-state index in [1.54, 1.807) is 17.8 Å². The maximum Gasteiger partial charge on any atom is 0.163 e. The fourth-order valence-electron chi connectivity index (χ4n) is 3.67. The van der Waals surface area contributed by atoms with Gasteiger partial charge in [-0.15, -0.1) is 11.8 Å². The molecule has 2 unspecified atom stereocenters. The maximum atomic E-state index is 14.1. The highest BCUT2D eigenvalue weighted by atomic mass is 32.2. The zero-order valence-corrected chi connectivity index (χ0v) is 12.1. The highest BCUT2D eigenvalue weighted by Gasteiger charge is 2.45. The molecule has 0 radical (unpaired) electrons. The molecular formula is C17H16F2S. The van der Waals surface area contributed by atoms with Gasteiger partial charge in [-0.3, -0.25) is 0 Å². The van der Waals surface area contributed by atoms with Crippen molar-refractivity contribution in [1.29, 1.82) is 0 Å². The molecule has 0 aromatic heterocycles. The van der Waals surface area contributed by atoms with Gasteiger partial charge in [-0.2, -0.15) is 0 Å². The number of hydrogen-bond donors (Lipinski definition) is 0. The summed E-state index contributed by atoms with van der Waals surface area (Å²) in [5.74, 6) is 0.756. The Labute approximate surface area is 122 Å². The summed E-state index contributed by atoms with van der Waals surface area (Å²) >= 11 is 1.67. The Hall–Kier alpha value is -1.09. The molecule has 0 saturated heterocycles. The van der Waals surface area contributed by atoms with Crippen molar-refractivity contribution in [3.63, 3.8) is 0 Å². The summed E-state index contributed by atoms with van der Waals surface area (Å²) in [6, 6.07) is 3.09. The van der Waals surface area contributed by atoms with Gasteiger partial charge in [-0.25, -0.2) is 8.78 Å². The minimum atomic E-state index is -0.723. The van der Waals surface area contributed by atoms with Crippen molar-refractivity contribution >= 4 is 11.8 Å². The predicted molar refractivity (Wildman–Crippen MR) is 78.4 cm³/mol. The van der Waals surface area contributed by atoms with Crippen LogP contribution in [0.5, 0.6) is 0 Å². The molecule has 1 fully saturated rings. The lowest BCUT2D eigenvalue weighted by molar-refractivity contribution is 0.498. The lowest BCUT2D eigenvalue weighted by Crippen LogP contribution is -2.09. The predicted octanol–water partition coefficient (Wildman–Crippen LogP) is 5.17. The van der Waals surface area contributed by atoms with Gasteiger partial charge in [-0.1, -0.05) is 25.1 Å². The number of rotatable bonds is 1. The third-order valence-corrected chi connectivity index (χ3v) is 5.90. The van der Waals surface area contributed by atoms with Crippen LogP contribution in [0.15, 0.2) is 34.8 Å². The largest absolute Gasteiger partial charge is 0.204 e. The molecule has 20 heavy (non-hydrogen) atoms. The first-order chi connectivity index (χ1) is 9.70. The Morgan fingerprint density at radius 1 is 1.30 bits per heavy atom. The fraction of sp³-hybridized carbons (Fsp3) is 0.412. The second kappa shape index (κ2) is 4.45. The van der Waals surface area contributed by atoms with Gasteiger partial charge < -0.3 is 0 Å². The molecule has 104 valence electrons. The molecule has 1 aromatic rings. The molecule has 1 saturated carbocycles. The standard InChI is InChI=1S/C17H16F2S/c1-2-10-11-4-5-14(18)17(19)13(11)8-20-15-6-3-9-7-12(9)16(10)15/h3-6,9-10,12H,2,7-8H2,1H3/t9?,10-,12?/m0/s1. The van der Waals surface area contributed by atoms with E-state index in [4.69, 9.17) is 0 Å². The first kappa shape index (κ1) is 12.6. The zero-order chi connectivity index (χ0) is 13.9. The molecule has 0 N–H and O–H groups in total. The van der Waals surface area contributed by atoms with Crippen LogP contribution in [0.25, 0.3) is 0 Å². The van der Waals surface area contributed by atoms with Crippen molar-refractivity contribution < 1.29 is 8.78 Å². The topological polar surface area (TPSA) is 0 Å². The summed E-state index contributed by atoms with van der Waals surface area (Å²) < 4.78 is 27.6. The third kappa shape index (κ3) is 1.72. The summed E-state index contributed by atoms with van der Waals surface area (Å²) in [7, 11) is 0. The summed E-state index contributed by atoms with van der Waals surface area (Å²) in [6.07, 6.45) is 6.67.